The lowest BCUT2D eigenvalue weighted by Gasteiger charge is -2.43. The molecule has 2 aliphatic rings. The third-order valence-electron chi connectivity index (χ3n) is 7.78. The molecule has 12 heteroatoms. The van der Waals surface area contributed by atoms with E-state index >= 15 is 0 Å². The number of nitro groups is 1. The lowest BCUT2D eigenvalue weighted by atomic mass is 10.0. The molecule has 0 bridgehead atoms. The van der Waals surface area contributed by atoms with Crippen LogP contribution in [0.4, 0.5) is 20.3 Å². The number of benzene rings is 2. The number of piperazine rings is 1. The summed E-state index contributed by atoms with van der Waals surface area (Å²) >= 11 is 6.52. The molecule has 5 rings (SSSR count). The molecule has 0 radical (unpaired) electrons. The van der Waals surface area contributed by atoms with Crippen LogP contribution in [0.1, 0.15) is 34.3 Å². The van der Waals surface area contributed by atoms with E-state index in [1.165, 1.54) is 12.3 Å². The van der Waals surface area contributed by atoms with Gasteiger partial charge in [-0.15, -0.1) is 0 Å². The summed E-state index contributed by atoms with van der Waals surface area (Å²) in [5, 5.41) is 13.9. The van der Waals surface area contributed by atoms with Crippen molar-refractivity contribution in [3.63, 3.8) is 0 Å². The van der Waals surface area contributed by atoms with E-state index in [1.807, 2.05) is 12.1 Å². The third kappa shape index (κ3) is 7.16. The van der Waals surface area contributed by atoms with Crippen molar-refractivity contribution in [1.82, 2.24) is 20.1 Å². The monoisotopic (exact) mass is 584 g/mol. The molecule has 0 saturated carbocycles. The first-order valence-electron chi connectivity index (χ1n) is 13.6. The van der Waals surface area contributed by atoms with Gasteiger partial charge >= 0.3 is 0 Å². The predicted molar refractivity (Wildman–Crippen MR) is 152 cm³/mol. The van der Waals surface area contributed by atoms with Gasteiger partial charge in [-0.1, -0.05) is 29.8 Å². The maximum Gasteiger partial charge on any atom is 0.269 e. The fourth-order valence-corrected chi connectivity index (χ4v) is 5.74. The van der Waals surface area contributed by atoms with E-state index < -0.39 is 17.5 Å². The molecule has 1 aromatic heterocycles. The first-order chi connectivity index (χ1) is 19.8. The van der Waals surface area contributed by atoms with Crippen molar-refractivity contribution in [2.75, 3.05) is 44.2 Å². The Morgan fingerprint density at radius 1 is 1.02 bits per heavy atom. The smallest absolute Gasteiger partial charge is 0.269 e. The fraction of sp³-hybridized carbons (Fsp3) is 0.379. The van der Waals surface area contributed by atoms with Crippen LogP contribution in [0.15, 0.2) is 54.7 Å². The number of nitrogens with one attached hydrogen (secondary N) is 1. The molecule has 1 N–H and O–H groups in total. The second-order valence-electron chi connectivity index (χ2n) is 10.4. The molecule has 2 fully saturated rings. The summed E-state index contributed by atoms with van der Waals surface area (Å²) in [6, 6.07) is 12.1. The largest absolute Gasteiger partial charge is 0.353 e. The number of hydrogen-bond donors (Lipinski definition) is 1. The SMILES string of the molecule is O=C(NCc1ccc(F)cc1F)c1cnc(N2CCN(C3CCN(Cc4ccc([N+](=O)[O-])cc4)CC3)CC2)c(Cl)c1. The Hall–Kier alpha value is -3.67. The Balaban J connectivity index is 1.08. The number of anilines is 1. The molecule has 9 nitrogen and oxygen atoms in total. The Morgan fingerprint density at radius 2 is 1.73 bits per heavy atom. The number of piperidine rings is 1. The number of halogens is 3. The van der Waals surface area contributed by atoms with E-state index in [4.69, 9.17) is 11.6 Å². The Morgan fingerprint density at radius 3 is 2.37 bits per heavy atom. The highest BCUT2D eigenvalue weighted by atomic mass is 35.5. The van der Waals surface area contributed by atoms with Gasteiger partial charge in [0.1, 0.15) is 17.5 Å². The lowest BCUT2D eigenvalue weighted by Crippen LogP contribution is -2.53. The highest BCUT2D eigenvalue weighted by Crippen LogP contribution is 2.27. The van der Waals surface area contributed by atoms with Crippen LogP contribution in [-0.4, -0.2) is 70.9 Å². The molecule has 2 aromatic carbocycles. The zero-order valence-electron chi connectivity index (χ0n) is 22.4. The maximum atomic E-state index is 13.8. The van der Waals surface area contributed by atoms with E-state index in [2.05, 4.69) is 25.0 Å². The number of non-ortho nitro benzene ring substituents is 1. The van der Waals surface area contributed by atoms with E-state index in [9.17, 15) is 23.7 Å². The van der Waals surface area contributed by atoms with Crippen LogP contribution in [0.5, 0.6) is 0 Å². The van der Waals surface area contributed by atoms with Crippen molar-refractivity contribution < 1.29 is 18.5 Å². The Kier molecular flexibility index (Phi) is 9.06. The Labute approximate surface area is 241 Å². The van der Waals surface area contributed by atoms with E-state index in [1.54, 1.807) is 18.2 Å². The van der Waals surface area contributed by atoms with Crippen LogP contribution >= 0.6 is 11.6 Å². The van der Waals surface area contributed by atoms with Gasteiger partial charge in [0.25, 0.3) is 11.6 Å². The van der Waals surface area contributed by atoms with Crippen LogP contribution in [-0.2, 0) is 13.1 Å². The summed E-state index contributed by atoms with van der Waals surface area (Å²) in [6.45, 7) is 5.98. The summed E-state index contributed by atoms with van der Waals surface area (Å²) < 4.78 is 26.9. The van der Waals surface area contributed by atoms with Gasteiger partial charge in [-0.3, -0.25) is 24.7 Å². The van der Waals surface area contributed by atoms with Gasteiger partial charge in [0.2, 0.25) is 0 Å². The summed E-state index contributed by atoms with van der Waals surface area (Å²) in [7, 11) is 0. The number of nitrogens with zero attached hydrogens (tertiary/aromatic N) is 5. The van der Waals surface area contributed by atoms with E-state index in [-0.39, 0.29) is 28.3 Å². The molecule has 0 spiro atoms. The van der Waals surface area contributed by atoms with Crippen molar-refractivity contribution in [1.29, 1.82) is 0 Å². The van der Waals surface area contributed by atoms with Crippen LogP contribution in [0.2, 0.25) is 5.02 Å². The quantitative estimate of drug-likeness (QED) is 0.304. The van der Waals surface area contributed by atoms with Gasteiger partial charge in [-0.2, -0.15) is 0 Å². The second-order valence-corrected chi connectivity index (χ2v) is 10.8. The van der Waals surface area contributed by atoms with Gasteiger partial charge < -0.3 is 10.2 Å². The number of carbonyl (C=O) groups excluding carboxylic acids is 1. The summed E-state index contributed by atoms with van der Waals surface area (Å²) in [4.78, 5) is 34.5. The normalized spacial score (nSPS) is 17.0. The number of carbonyl (C=O) groups is 1. The molecular formula is C29H31ClF2N6O3. The highest BCUT2D eigenvalue weighted by molar-refractivity contribution is 6.33. The minimum Gasteiger partial charge on any atom is -0.353 e. The average molecular weight is 585 g/mol. The molecule has 3 heterocycles. The number of rotatable bonds is 8. The van der Waals surface area contributed by atoms with Gasteiger partial charge in [-0.25, -0.2) is 13.8 Å². The predicted octanol–water partition coefficient (Wildman–Crippen LogP) is 4.64. The first-order valence-corrected chi connectivity index (χ1v) is 14.0. The second kappa shape index (κ2) is 12.9. The number of nitro benzene ring substituents is 1. The average Bonchev–Trinajstić information content (AvgIpc) is 2.97. The number of pyridine rings is 1. The molecule has 3 aromatic rings. The first kappa shape index (κ1) is 28.8. The zero-order valence-corrected chi connectivity index (χ0v) is 23.2. The topological polar surface area (TPSA) is 94.9 Å². The highest BCUT2D eigenvalue weighted by Gasteiger charge is 2.28. The van der Waals surface area contributed by atoms with Crippen molar-refractivity contribution in [2.45, 2.75) is 32.0 Å². The van der Waals surface area contributed by atoms with Crippen molar-refractivity contribution in [3.05, 3.63) is 98.2 Å². The molecule has 0 atom stereocenters. The van der Waals surface area contributed by atoms with E-state index in [0.29, 0.717) is 16.9 Å². The third-order valence-corrected chi connectivity index (χ3v) is 8.06. The number of amides is 1. The van der Waals surface area contributed by atoms with Gasteiger partial charge in [0, 0.05) is 75.3 Å². The summed E-state index contributed by atoms with van der Waals surface area (Å²) in [5.74, 6) is -1.21. The van der Waals surface area contributed by atoms with Gasteiger partial charge in [-0.05, 0) is 43.6 Å². The maximum absolute atomic E-state index is 13.8. The fourth-order valence-electron chi connectivity index (χ4n) is 5.45. The Bertz CT molecular complexity index is 1390. The number of hydrogen-bond acceptors (Lipinski definition) is 7. The molecule has 1 amide bonds. The standard InChI is InChI=1S/C29H31ClF2N6O3/c30-26-15-22(29(39)34-17-21-3-4-23(31)16-27(21)32)18-33-28(26)37-13-11-36(12-14-37)24-7-9-35(10-8-24)19-20-1-5-25(6-2-20)38(40)41/h1-6,15-16,18,24H,7-14,17,19H2,(H,34,39). The number of likely N-dealkylation sites (tertiary alicyclic amines) is 1. The van der Waals surface area contributed by atoms with Gasteiger partial charge in [0.05, 0.1) is 15.5 Å². The summed E-state index contributed by atoms with van der Waals surface area (Å²) in [5.41, 5.74) is 1.64. The number of aromatic nitrogens is 1. The molecule has 2 saturated heterocycles. The molecule has 41 heavy (non-hydrogen) atoms. The van der Waals surface area contributed by atoms with Crippen LogP contribution in [0, 0.1) is 21.7 Å². The van der Waals surface area contributed by atoms with Crippen molar-refractivity contribution >= 4 is 29.0 Å². The van der Waals surface area contributed by atoms with Crippen molar-refractivity contribution in [3.8, 4) is 0 Å². The molecule has 2 aliphatic heterocycles. The molecular weight excluding hydrogens is 554 g/mol. The van der Waals surface area contributed by atoms with E-state index in [0.717, 1.165) is 76.4 Å². The van der Waals surface area contributed by atoms with Crippen LogP contribution < -0.4 is 10.2 Å². The molecule has 216 valence electrons. The van der Waals surface area contributed by atoms with Gasteiger partial charge in [0.15, 0.2) is 0 Å². The van der Waals surface area contributed by atoms with Crippen LogP contribution in [0.25, 0.3) is 0 Å². The minimum atomic E-state index is -0.719. The van der Waals surface area contributed by atoms with Crippen LogP contribution in [0.3, 0.4) is 0 Å². The minimum absolute atomic E-state index is 0.0811. The zero-order chi connectivity index (χ0) is 28.9. The molecule has 0 aliphatic carbocycles. The molecule has 0 unspecified atom stereocenters. The summed E-state index contributed by atoms with van der Waals surface area (Å²) in [6.07, 6.45) is 3.60. The lowest BCUT2D eigenvalue weighted by molar-refractivity contribution is -0.384. The van der Waals surface area contributed by atoms with Crippen molar-refractivity contribution in [2.24, 2.45) is 0 Å².